The summed E-state index contributed by atoms with van der Waals surface area (Å²) in [5.41, 5.74) is 3.10. The van der Waals surface area contributed by atoms with Crippen LogP contribution in [0.2, 0.25) is 0 Å². The maximum Gasteiger partial charge on any atom is 0.248 e. The number of aromatic nitrogens is 5. The highest BCUT2D eigenvalue weighted by Gasteiger charge is 2.48. The molecule has 28 heavy (non-hydrogen) atoms. The van der Waals surface area contributed by atoms with Crippen molar-refractivity contribution in [3.63, 3.8) is 0 Å². The first kappa shape index (κ1) is 17.0. The maximum atomic E-state index is 13.1. The summed E-state index contributed by atoms with van der Waals surface area (Å²) < 4.78 is 28.1. The summed E-state index contributed by atoms with van der Waals surface area (Å²) in [6.45, 7) is 0. The molecule has 142 valence electrons. The molecule has 3 aromatic heterocycles. The molecule has 2 N–H and O–H groups in total. The van der Waals surface area contributed by atoms with Crippen molar-refractivity contribution in [2.24, 2.45) is 5.92 Å². The van der Waals surface area contributed by atoms with Crippen LogP contribution < -0.4 is 0 Å². The van der Waals surface area contributed by atoms with Gasteiger partial charge in [-0.05, 0) is 29.8 Å². The van der Waals surface area contributed by atoms with Crippen molar-refractivity contribution in [2.75, 3.05) is 0 Å². The first-order chi connectivity index (χ1) is 13.5. The van der Waals surface area contributed by atoms with Crippen LogP contribution in [0.4, 0.5) is 8.78 Å². The van der Waals surface area contributed by atoms with E-state index < -0.39 is 17.9 Å². The Kier molecular flexibility index (Phi) is 3.77. The van der Waals surface area contributed by atoms with Crippen LogP contribution in [0.3, 0.4) is 0 Å². The van der Waals surface area contributed by atoms with Crippen LogP contribution in [-0.2, 0) is 0 Å². The van der Waals surface area contributed by atoms with Crippen molar-refractivity contribution in [1.29, 1.82) is 0 Å². The minimum absolute atomic E-state index is 0.276. The highest BCUT2D eigenvalue weighted by molar-refractivity contribution is 5.79. The maximum absolute atomic E-state index is 13.1. The van der Waals surface area contributed by atoms with E-state index in [-0.39, 0.29) is 12.8 Å². The van der Waals surface area contributed by atoms with Gasteiger partial charge in [-0.15, -0.1) is 10.2 Å². The molecule has 3 heterocycles. The summed E-state index contributed by atoms with van der Waals surface area (Å²) in [5.74, 6) is -2.40. The molecule has 6 nitrogen and oxygen atoms in total. The Morgan fingerprint density at radius 3 is 2.82 bits per heavy atom. The highest BCUT2D eigenvalue weighted by Crippen LogP contribution is 2.48. The fraction of sp³-hybridized carbons (Fsp3) is 0.250. The molecule has 1 fully saturated rings. The predicted molar refractivity (Wildman–Crippen MR) is 99.1 cm³/mol. The molecular formula is C20H17F2N5O. The molecule has 1 saturated carbocycles. The van der Waals surface area contributed by atoms with E-state index in [1.807, 2.05) is 47.2 Å². The highest BCUT2D eigenvalue weighted by atomic mass is 19.3. The lowest BCUT2D eigenvalue weighted by atomic mass is 9.76. The van der Waals surface area contributed by atoms with Crippen LogP contribution in [0.1, 0.15) is 24.5 Å². The lowest BCUT2D eigenvalue weighted by Gasteiger charge is -2.37. The third kappa shape index (κ3) is 2.86. The van der Waals surface area contributed by atoms with Crippen LogP contribution in [0.25, 0.3) is 28.1 Å². The van der Waals surface area contributed by atoms with Gasteiger partial charge in [0.25, 0.3) is 0 Å². The second-order valence-electron chi connectivity index (χ2n) is 7.22. The summed E-state index contributed by atoms with van der Waals surface area (Å²) in [5, 5.41) is 19.1. The van der Waals surface area contributed by atoms with Crippen molar-refractivity contribution in [1.82, 2.24) is 24.7 Å². The van der Waals surface area contributed by atoms with Crippen molar-refractivity contribution < 1.29 is 13.9 Å². The minimum Gasteiger partial charge on any atom is -0.388 e. The van der Waals surface area contributed by atoms with Gasteiger partial charge in [0.2, 0.25) is 5.92 Å². The molecule has 1 aliphatic rings. The zero-order valence-corrected chi connectivity index (χ0v) is 14.8. The fourth-order valence-corrected chi connectivity index (χ4v) is 3.76. The molecule has 5 rings (SSSR count). The van der Waals surface area contributed by atoms with Crippen LogP contribution in [-0.4, -0.2) is 35.8 Å². The number of alkyl halides is 2. The number of halogens is 2. The molecule has 4 aromatic rings. The van der Waals surface area contributed by atoms with E-state index in [0.29, 0.717) is 11.4 Å². The summed E-state index contributed by atoms with van der Waals surface area (Å²) in [6.07, 6.45) is 3.52. The normalized spacial score (nSPS) is 17.5. The molecule has 1 atom stereocenters. The van der Waals surface area contributed by atoms with E-state index in [1.165, 1.54) is 6.33 Å². The molecule has 8 heteroatoms. The van der Waals surface area contributed by atoms with Gasteiger partial charge in [-0.2, -0.15) is 0 Å². The Bertz CT molecular complexity index is 1130. The number of hydrogen-bond donors (Lipinski definition) is 2. The molecule has 0 spiro atoms. The number of fused-ring (bicyclic) bond motifs is 1. The quantitative estimate of drug-likeness (QED) is 0.562. The third-order valence-corrected chi connectivity index (χ3v) is 5.27. The van der Waals surface area contributed by atoms with E-state index in [4.69, 9.17) is 0 Å². The lowest BCUT2D eigenvalue weighted by molar-refractivity contribution is -0.142. The van der Waals surface area contributed by atoms with E-state index >= 15 is 0 Å². The SMILES string of the molecule is OC(c1cnc2c(ccn2-c2cccc(-c3nnc[nH]3)c2)c1)C1CC(F)(F)C1. The first-order valence-electron chi connectivity index (χ1n) is 9.00. The van der Waals surface area contributed by atoms with E-state index in [2.05, 4.69) is 20.2 Å². The molecule has 0 amide bonds. The largest absolute Gasteiger partial charge is 0.388 e. The van der Waals surface area contributed by atoms with Crippen LogP contribution >= 0.6 is 0 Å². The molecular weight excluding hydrogens is 364 g/mol. The van der Waals surface area contributed by atoms with Gasteiger partial charge in [0.05, 0.1) is 6.10 Å². The van der Waals surface area contributed by atoms with Gasteiger partial charge in [0.1, 0.15) is 12.0 Å². The van der Waals surface area contributed by atoms with Crippen molar-refractivity contribution in [3.8, 4) is 17.1 Å². The average Bonchev–Trinajstić information content (AvgIpc) is 3.35. The number of aromatic amines is 1. The number of aliphatic hydroxyl groups is 1. The van der Waals surface area contributed by atoms with Gasteiger partial charge in [-0.1, -0.05) is 12.1 Å². The summed E-state index contributed by atoms with van der Waals surface area (Å²) in [6, 6.07) is 11.5. The molecule has 1 unspecified atom stereocenters. The zero-order valence-electron chi connectivity index (χ0n) is 14.8. The Labute approximate surface area is 158 Å². The van der Waals surface area contributed by atoms with Gasteiger partial charge in [0, 0.05) is 47.8 Å². The summed E-state index contributed by atoms with van der Waals surface area (Å²) in [7, 11) is 0. The Balaban J connectivity index is 1.47. The molecule has 0 saturated heterocycles. The van der Waals surface area contributed by atoms with Crippen molar-refractivity contribution in [2.45, 2.75) is 24.9 Å². The first-order valence-corrected chi connectivity index (χ1v) is 9.00. The summed E-state index contributed by atoms with van der Waals surface area (Å²) >= 11 is 0. The molecule has 1 aromatic carbocycles. The van der Waals surface area contributed by atoms with Gasteiger partial charge < -0.3 is 14.7 Å². The van der Waals surface area contributed by atoms with E-state index in [0.717, 1.165) is 22.3 Å². The minimum atomic E-state index is -2.65. The second-order valence-corrected chi connectivity index (χ2v) is 7.22. The number of benzene rings is 1. The lowest BCUT2D eigenvalue weighted by Crippen LogP contribution is -2.38. The standard InChI is InChI=1S/C20H17F2N5O/c21-20(22)8-15(9-20)17(28)14-6-13-4-5-27(19(13)23-10-14)16-3-1-2-12(7-16)18-24-11-25-26-18/h1-7,10-11,15,17,28H,8-9H2,(H,24,25,26). The number of aliphatic hydroxyl groups excluding tert-OH is 1. The fourth-order valence-electron chi connectivity index (χ4n) is 3.76. The number of pyridine rings is 1. The smallest absolute Gasteiger partial charge is 0.248 e. The van der Waals surface area contributed by atoms with Gasteiger partial charge in [-0.25, -0.2) is 13.8 Å². The number of hydrogen-bond acceptors (Lipinski definition) is 4. The summed E-state index contributed by atoms with van der Waals surface area (Å²) in [4.78, 5) is 7.47. The molecule has 0 bridgehead atoms. The Hall–Kier alpha value is -3.13. The Morgan fingerprint density at radius 2 is 2.07 bits per heavy atom. The van der Waals surface area contributed by atoms with E-state index in [9.17, 15) is 13.9 Å². The van der Waals surface area contributed by atoms with Crippen molar-refractivity contribution in [3.05, 3.63) is 60.7 Å². The number of nitrogens with one attached hydrogen (secondary N) is 1. The molecule has 1 aliphatic carbocycles. The second kappa shape index (κ2) is 6.20. The van der Waals surface area contributed by atoms with Crippen LogP contribution in [0.15, 0.2) is 55.1 Å². The topological polar surface area (TPSA) is 79.6 Å². The van der Waals surface area contributed by atoms with Gasteiger partial charge in [-0.3, -0.25) is 0 Å². The van der Waals surface area contributed by atoms with Crippen LogP contribution in [0.5, 0.6) is 0 Å². The zero-order chi connectivity index (χ0) is 19.3. The van der Waals surface area contributed by atoms with Crippen molar-refractivity contribution >= 4 is 11.0 Å². The monoisotopic (exact) mass is 381 g/mol. The predicted octanol–water partition coefficient (Wildman–Crippen LogP) is 3.89. The third-order valence-electron chi connectivity index (χ3n) is 5.27. The Morgan fingerprint density at radius 1 is 1.21 bits per heavy atom. The van der Waals surface area contributed by atoms with E-state index in [1.54, 1.807) is 6.20 Å². The van der Waals surface area contributed by atoms with Crippen LogP contribution in [0, 0.1) is 5.92 Å². The number of nitrogens with zero attached hydrogens (tertiary/aromatic N) is 4. The number of H-pyrrole nitrogens is 1. The average molecular weight is 381 g/mol. The molecule has 0 aliphatic heterocycles. The van der Waals surface area contributed by atoms with Gasteiger partial charge >= 0.3 is 0 Å². The molecule has 0 radical (unpaired) electrons. The number of rotatable bonds is 4. The van der Waals surface area contributed by atoms with Gasteiger partial charge in [0.15, 0.2) is 5.82 Å².